The maximum atomic E-state index is 14.1. The van der Waals surface area contributed by atoms with Gasteiger partial charge in [0.25, 0.3) is 0 Å². The third-order valence-electron chi connectivity index (χ3n) is 4.61. The molecule has 0 saturated heterocycles. The molecular weight excluding hydrogens is 414 g/mol. The van der Waals surface area contributed by atoms with Crippen LogP contribution < -0.4 is 0 Å². The van der Waals surface area contributed by atoms with Crippen molar-refractivity contribution in [3.05, 3.63) is 41.6 Å². The number of rotatable bonds is 12. The van der Waals surface area contributed by atoms with E-state index in [4.69, 9.17) is 4.74 Å². The maximum absolute atomic E-state index is 14.1. The number of carbonyl (C=O) groups excluding carboxylic acids is 1. The predicted octanol–water partition coefficient (Wildman–Crippen LogP) is 5.09. The van der Waals surface area contributed by atoms with E-state index in [9.17, 15) is 23.5 Å². The van der Waals surface area contributed by atoms with Crippen LogP contribution in [0.3, 0.4) is 0 Å². The summed E-state index contributed by atoms with van der Waals surface area (Å²) in [6, 6.07) is 4.11. The van der Waals surface area contributed by atoms with Gasteiger partial charge < -0.3 is 9.84 Å². The monoisotopic (exact) mass is 440 g/mol. The third kappa shape index (κ3) is 6.83. The van der Waals surface area contributed by atoms with Gasteiger partial charge in [-0.2, -0.15) is 5.10 Å². The van der Waals surface area contributed by atoms with Crippen LogP contribution in [-0.4, -0.2) is 39.2 Å². The first-order valence-electron chi connectivity index (χ1n) is 9.92. The summed E-state index contributed by atoms with van der Waals surface area (Å²) in [7, 11) is 0. The van der Waals surface area contributed by atoms with Crippen LogP contribution in [0.25, 0.3) is 5.69 Å². The highest BCUT2D eigenvalue weighted by Crippen LogP contribution is 2.26. The molecule has 0 bridgehead atoms. The Balaban J connectivity index is 2.00. The lowest BCUT2D eigenvalue weighted by Gasteiger charge is -2.14. The van der Waals surface area contributed by atoms with Crippen LogP contribution >= 0.6 is 11.8 Å². The number of hydrogen-bond acceptors (Lipinski definition) is 5. The first-order valence-corrected chi connectivity index (χ1v) is 10.9. The summed E-state index contributed by atoms with van der Waals surface area (Å²) in [6.07, 6.45) is 4.26. The van der Waals surface area contributed by atoms with E-state index in [2.05, 4.69) is 18.9 Å². The second-order valence-corrected chi connectivity index (χ2v) is 7.99. The molecule has 1 atom stereocenters. The maximum Gasteiger partial charge on any atom is 0.356 e. The van der Waals surface area contributed by atoms with Gasteiger partial charge in [0, 0.05) is 17.9 Å². The molecular formula is C21H26F2N2O4S. The highest BCUT2D eigenvalue weighted by molar-refractivity contribution is 7.99. The number of nitrogens with zero attached hydrogens (tertiary/aromatic N) is 2. The number of aromatic nitrogens is 2. The quantitative estimate of drug-likeness (QED) is 0.366. The van der Waals surface area contributed by atoms with E-state index >= 15 is 0 Å². The standard InChI is InChI=1S/C21H26F2N2O4S/c1-3-5-6-14(4-2)13-29-20(26)9-10-30-19-12-17(21(27)28)24-25(19)18-11-15(22)7-8-16(18)23/h7-8,11-12,14H,3-6,9-10,13H2,1-2H3,(H,27,28). The largest absolute Gasteiger partial charge is 0.476 e. The Morgan fingerprint density at radius 1 is 1.27 bits per heavy atom. The highest BCUT2D eigenvalue weighted by atomic mass is 32.2. The first kappa shape index (κ1) is 23.9. The lowest BCUT2D eigenvalue weighted by Crippen LogP contribution is -2.14. The van der Waals surface area contributed by atoms with Crippen LogP contribution in [0, 0.1) is 17.6 Å². The summed E-state index contributed by atoms with van der Waals surface area (Å²) in [5.41, 5.74) is -0.500. The Labute approximate surface area is 178 Å². The minimum Gasteiger partial charge on any atom is -0.476 e. The zero-order valence-electron chi connectivity index (χ0n) is 17.1. The van der Waals surface area contributed by atoms with Crippen molar-refractivity contribution in [1.82, 2.24) is 9.78 Å². The van der Waals surface area contributed by atoms with Crippen molar-refractivity contribution in [3.8, 4) is 5.69 Å². The lowest BCUT2D eigenvalue weighted by molar-refractivity contribution is -0.144. The van der Waals surface area contributed by atoms with Crippen LogP contribution in [0.1, 0.15) is 56.4 Å². The number of halogens is 2. The number of esters is 1. The van der Waals surface area contributed by atoms with E-state index in [0.717, 1.165) is 60.3 Å². The molecule has 0 aliphatic rings. The van der Waals surface area contributed by atoms with E-state index < -0.39 is 17.6 Å². The molecule has 0 aliphatic heterocycles. The molecule has 1 unspecified atom stereocenters. The molecule has 9 heteroatoms. The van der Waals surface area contributed by atoms with E-state index in [-0.39, 0.29) is 29.5 Å². The number of ether oxygens (including phenoxy) is 1. The van der Waals surface area contributed by atoms with Crippen molar-refractivity contribution in [2.75, 3.05) is 12.4 Å². The molecule has 1 N–H and O–H groups in total. The topological polar surface area (TPSA) is 81.4 Å². The second kappa shape index (κ2) is 11.7. The molecule has 0 saturated carbocycles. The van der Waals surface area contributed by atoms with Gasteiger partial charge >= 0.3 is 11.9 Å². The molecule has 0 amide bonds. The van der Waals surface area contributed by atoms with E-state index in [1.807, 2.05) is 0 Å². The molecule has 0 spiro atoms. The Hall–Kier alpha value is -2.42. The summed E-state index contributed by atoms with van der Waals surface area (Å²) in [5.74, 6) is -2.42. The van der Waals surface area contributed by atoms with E-state index in [0.29, 0.717) is 17.6 Å². The zero-order valence-corrected chi connectivity index (χ0v) is 17.9. The second-order valence-electron chi connectivity index (χ2n) is 6.88. The summed E-state index contributed by atoms with van der Waals surface area (Å²) in [4.78, 5) is 23.3. The Bertz CT molecular complexity index is 873. The molecule has 0 aliphatic carbocycles. The van der Waals surface area contributed by atoms with Crippen LogP contribution in [0.5, 0.6) is 0 Å². The third-order valence-corrected chi connectivity index (χ3v) is 5.61. The van der Waals surface area contributed by atoms with Gasteiger partial charge in [-0.3, -0.25) is 4.79 Å². The zero-order chi connectivity index (χ0) is 22.1. The van der Waals surface area contributed by atoms with Crippen molar-refractivity contribution in [1.29, 1.82) is 0 Å². The molecule has 1 aromatic heterocycles. The van der Waals surface area contributed by atoms with Crippen LogP contribution in [0.15, 0.2) is 29.3 Å². The molecule has 6 nitrogen and oxygen atoms in total. The van der Waals surface area contributed by atoms with Gasteiger partial charge in [0.15, 0.2) is 5.69 Å². The van der Waals surface area contributed by atoms with Crippen LogP contribution in [-0.2, 0) is 9.53 Å². The van der Waals surface area contributed by atoms with E-state index in [1.165, 1.54) is 6.07 Å². The minimum atomic E-state index is -1.29. The van der Waals surface area contributed by atoms with Gasteiger partial charge in [0.2, 0.25) is 0 Å². The van der Waals surface area contributed by atoms with Crippen molar-refractivity contribution >= 4 is 23.7 Å². The Morgan fingerprint density at radius 3 is 2.70 bits per heavy atom. The Morgan fingerprint density at radius 2 is 2.03 bits per heavy atom. The van der Waals surface area contributed by atoms with Gasteiger partial charge in [-0.05, 0) is 24.5 Å². The van der Waals surface area contributed by atoms with Gasteiger partial charge in [0.05, 0.1) is 13.0 Å². The van der Waals surface area contributed by atoms with Gasteiger partial charge in [0.1, 0.15) is 22.3 Å². The number of carboxylic acids is 1. The number of aromatic carboxylic acids is 1. The van der Waals surface area contributed by atoms with Gasteiger partial charge in [-0.15, -0.1) is 11.8 Å². The van der Waals surface area contributed by atoms with Crippen molar-refractivity contribution in [2.24, 2.45) is 5.92 Å². The number of thioether (sulfide) groups is 1. The fourth-order valence-electron chi connectivity index (χ4n) is 2.81. The molecule has 2 aromatic rings. The predicted molar refractivity (Wildman–Crippen MR) is 110 cm³/mol. The number of unbranched alkanes of at least 4 members (excludes halogenated alkanes) is 1. The molecule has 1 heterocycles. The molecule has 164 valence electrons. The molecule has 0 radical (unpaired) electrons. The van der Waals surface area contributed by atoms with Gasteiger partial charge in [-0.25, -0.2) is 18.3 Å². The average molecular weight is 441 g/mol. The summed E-state index contributed by atoms with van der Waals surface area (Å²) >= 11 is 1.12. The van der Waals surface area contributed by atoms with Crippen molar-refractivity contribution < 1.29 is 28.2 Å². The molecule has 1 aromatic carbocycles. The smallest absolute Gasteiger partial charge is 0.356 e. The normalized spacial score (nSPS) is 12.0. The number of hydrogen-bond donors (Lipinski definition) is 1. The molecule has 0 fully saturated rings. The number of benzene rings is 1. The lowest BCUT2D eigenvalue weighted by atomic mass is 10.0. The fraction of sp³-hybridized carbons (Fsp3) is 0.476. The van der Waals surface area contributed by atoms with Crippen LogP contribution in [0.2, 0.25) is 0 Å². The molecule has 30 heavy (non-hydrogen) atoms. The average Bonchev–Trinajstić information content (AvgIpc) is 3.14. The fourth-order valence-corrected chi connectivity index (χ4v) is 3.75. The SMILES string of the molecule is CCCCC(CC)COC(=O)CCSc1cc(C(=O)O)nn1-c1cc(F)ccc1F. The molecule has 2 rings (SSSR count). The first-order chi connectivity index (χ1) is 14.3. The summed E-state index contributed by atoms with van der Waals surface area (Å²) in [5, 5.41) is 13.3. The number of carbonyl (C=O) groups is 2. The van der Waals surface area contributed by atoms with E-state index in [1.54, 1.807) is 0 Å². The summed E-state index contributed by atoms with van der Waals surface area (Å²) < 4.78 is 34.1. The minimum absolute atomic E-state index is 0.105. The van der Waals surface area contributed by atoms with Crippen LogP contribution in [0.4, 0.5) is 8.78 Å². The Kier molecular flexibility index (Phi) is 9.29. The highest BCUT2D eigenvalue weighted by Gasteiger charge is 2.18. The number of carboxylic acid groups (broad SMARTS) is 1. The van der Waals surface area contributed by atoms with Crippen molar-refractivity contribution in [3.63, 3.8) is 0 Å². The van der Waals surface area contributed by atoms with Gasteiger partial charge in [-0.1, -0.05) is 33.1 Å². The van der Waals surface area contributed by atoms with Crippen molar-refractivity contribution in [2.45, 2.75) is 51.0 Å². The summed E-state index contributed by atoms with van der Waals surface area (Å²) in [6.45, 7) is 4.57.